The van der Waals surface area contributed by atoms with Gasteiger partial charge in [-0.15, -0.1) is 0 Å². The van der Waals surface area contributed by atoms with E-state index >= 15 is 0 Å². The number of methoxy groups -OCH3 is 3. The minimum absolute atomic E-state index is 0.126. The molecule has 0 radical (unpaired) electrons. The summed E-state index contributed by atoms with van der Waals surface area (Å²) in [7, 11) is 4.43. The van der Waals surface area contributed by atoms with Crippen molar-refractivity contribution < 1.29 is 33.3 Å². The van der Waals surface area contributed by atoms with E-state index in [2.05, 4.69) is 0 Å². The first-order valence-corrected chi connectivity index (χ1v) is 9.71. The van der Waals surface area contributed by atoms with Gasteiger partial charge in [-0.3, -0.25) is 14.5 Å². The number of aliphatic hydroxyl groups excluding tert-OH is 1. The molecule has 32 heavy (non-hydrogen) atoms. The molecule has 1 saturated heterocycles. The van der Waals surface area contributed by atoms with E-state index in [0.29, 0.717) is 28.7 Å². The van der Waals surface area contributed by atoms with Crippen LogP contribution in [0.4, 0.5) is 5.69 Å². The summed E-state index contributed by atoms with van der Waals surface area (Å²) in [6.45, 7) is 0. The lowest BCUT2D eigenvalue weighted by Gasteiger charge is -2.24. The Bertz CT molecular complexity index is 1200. The van der Waals surface area contributed by atoms with Gasteiger partial charge in [-0.25, -0.2) is 0 Å². The highest BCUT2D eigenvalue weighted by molar-refractivity contribution is 6.51. The van der Waals surface area contributed by atoms with Gasteiger partial charge in [-0.1, -0.05) is 6.07 Å². The molecule has 8 heteroatoms. The second-order valence-corrected chi connectivity index (χ2v) is 6.95. The molecule has 1 unspecified atom stereocenters. The number of carbonyl (C=O) groups is 2. The van der Waals surface area contributed by atoms with Gasteiger partial charge in [-0.05, 0) is 42.5 Å². The van der Waals surface area contributed by atoms with E-state index in [9.17, 15) is 14.7 Å². The van der Waals surface area contributed by atoms with E-state index in [-0.39, 0.29) is 11.1 Å². The van der Waals surface area contributed by atoms with Crippen LogP contribution in [-0.4, -0.2) is 38.1 Å². The summed E-state index contributed by atoms with van der Waals surface area (Å²) >= 11 is 0. The van der Waals surface area contributed by atoms with Crippen molar-refractivity contribution >= 4 is 23.1 Å². The standard InChI is InChI=1S/C24H21NO7/c1-29-15-7-4-6-14(12-15)25-21(19-8-5-11-32-19)20(23(27)24(25)28)22(26)17-13-16(30-2)9-10-18(17)31-3/h4-13,21,26H,1-3H3/b22-20-. The summed E-state index contributed by atoms with van der Waals surface area (Å²) in [5.41, 5.74) is 0.510. The Morgan fingerprint density at radius 3 is 2.34 bits per heavy atom. The van der Waals surface area contributed by atoms with Crippen LogP contribution in [0.1, 0.15) is 17.4 Å². The summed E-state index contributed by atoms with van der Waals surface area (Å²) < 4.78 is 21.4. The number of hydrogen-bond acceptors (Lipinski definition) is 7. The minimum Gasteiger partial charge on any atom is -0.507 e. The number of benzene rings is 2. The first kappa shape index (κ1) is 21.0. The number of ether oxygens (including phenoxy) is 3. The number of carbonyl (C=O) groups excluding carboxylic acids is 2. The second kappa shape index (κ2) is 8.50. The predicted molar refractivity (Wildman–Crippen MR) is 116 cm³/mol. The van der Waals surface area contributed by atoms with Crippen LogP contribution >= 0.6 is 0 Å². The summed E-state index contributed by atoms with van der Waals surface area (Å²) in [5, 5.41) is 11.3. The third kappa shape index (κ3) is 3.45. The summed E-state index contributed by atoms with van der Waals surface area (Å²) in [6, 6.07) is 13.8. The van der Waals surface area contributed by atoms with Crippen LogP contribution in [0.2, 0.25) is 0 Å². The number of nitrogens with zero attached hydrogens (tertiary/aromatic N) is 1. The summed E-state index contributed by atoms with van der Waals surface area (Å²) in [4.78, 5) is 27.6. The van der Waals surface area contributed by atoms with Gasteiger partial charge in [0, 0.05) is 11.8 Å². The van der Waals surface area contributed by atoms with Crippen LogP contribution in [0, 0.1) is 0 Å². The number of Topliss-reactive ketones (excluding diaryl/α,β-unsaturated/α-hetero) is 1. The molecule has 4 rings (SSSR count). The molecule has 3 aromatic rings. The molecule has 1 aromatic heterocycles. The smallest absolute Gasteiger partial charge is 0.300 e. The van der Waals surface area contributed by atoms with Crippen molar-refractivity contribution in [3.05, 3.63) is 77.8 Å². The maximum atomic E-state index is 13.2. The first-order chi connectivity index (χ1) is 15.5. The summed E-state index contributed by atoms with van der Waals surface area (Å²) in [6.07, 6.45) is 1.44. The van der Waals surface area contributed by atoms with Crippen molar-refractivity contribution in [2.75, 3.05) is 26.2 Å². The van der Waals surface area contributed by atoms with Crippen molar-refractivity contribution in [2.45, 2.75) is 6.04 Å². The maximum absolute atomic E-state index is 13.2. The van der Waals surface area contributed by atoms with Crippen molar-refractivity contribution in [3.8, 4) is 17.2 Å². The fourth-order valence-electron chi connectivity index (χ4n) is 3.72. The highest BCUT2D eigenvalue weighted by Crippen LogP contribution is 2.44. The predicted octanol–water partition coefficient (Wildman–Crippen LogP) is 3.93. The fraction of sp³-hybridized carbons (Fsp3) is 0.167. The average molecular weight is 435 g/mol. The Hall–Kier alpha value is -4.20. The molecule has 2 aromatic carbocycles. The zero-order chi connectivity index (χ0) is 22.8. The molecule has 1 aliphatic heterocycles. The molecule has 1 amide bonds. The SMILES string of the molecule is COc1cccc(N2C(=O)C(=O)/C(=C(\O)c3cc(OC)ccc3OC)C2c2ccco2)c1. The zero-order valence-corrected chi connectivity index (χ0v) is 17.7. The first-order valence-electron chi connectivity index (χ1n) is 9.71. The molecule has 0 bridgehead atoms. The number of rotatable bonds is 6. The molecular formula is C24H21NO7. The zero-order valence-electron chi connectivity index (χ0n) is 17.7. The van der Waals surface area contributed by atoms with E-state index in [0.717, 1.165) is 0 Å². The van der Waals surface area contributed by atoms with Crippen LogP contribution in [0.25, 0.3) is 5.76 Å². The van der Waals surface area contributed by atoms with E-state index in [4.69, 9.17) is 18.6 Å². The molecule has 8 nitrogen and oxygen atoms in total. The number of ketones is 1. The molecule has 1 aliphatic rings. The molecule has 0 spiro atoms. The molecule has 2 heterocycles. The topological polar surface area (TPSA) is 98.4 Å². The third-order valence-electron chi connectivity index (χ3n) is 5.25. The Kier molecular flexibility index (Phi) is 5.59. The van der Waals surface area contributed by atoms with Crippen LogP contribution in [0.15, 0.2) is 70.9 Å². The maximum Gasteiger partial charge on any atom is 0.300 e. The molecule has 1 fully saturated rings. The van der Waals surface area contributed by atoms with Gasteiger partial charge in [-0.2, -0.15) is 0 Å². The molecule has 1 atom stereocenters. The van der Waals surface area contributed by atoms with Crippen LogP contribution in [0.5, 0.6) is 17.2 Å². The summed E-state index contributed by atoms with van der Waals surface area (Å²) in [5.74, 6) is -0.462. The minimum atomic E-state index is -0.993. The van der Waals surface area contributed by atoms with Gasteiger partial charge in [0.05, 0.1) is 38.7 Å². The van der Waals surface area contributed by atoms with Gasteiger partial charge in [0.2, 0.25) is 0 Å². The van der Waals surface area contributed by atoms with Crippen LogP contribution in [0.3, 0.4) is 0 Å². The molecular weight excluding hydrogens is 414 g/mol. The number of hydrogen-bond donors (Lipinski definition) is 1. The third-order valence-corrected chi connectivity index (χ3v) is 5.25. The lowest BCUT2D eigenvalue weighted by atomic mass is 9.98. The molecule has 0 aliphatic carbocycles. The van der Waals surface area contributed by atoms with E-state index in [1.165, 1.54) is 38.6 Å². The normalized spacial score (nSPS) is 17.5. The molecule has 1 N–H and O–H groups in total. The van der Waals surface area contributed by atoms with E-state index in [1.807, 2.05) is 0 Å². The second-order valence-electron chi connectivity index (χ2n) is 6.95. The number of furan rings is 1. The van der Waals surface area contributed by atoms with Crippen molar-refractivity contribution in [1.29, 1.82) is 0 Å². The van der Waals surface area contributed by atoms with E-state index in [1.54, 1.807) is 48.5 Å². The van der Waals surface area contributed by atoms with Crippen LogP contribution < -0.4 is 19.1 Å². The number of anilines is 1. The largest absolute Gasteiger partial charge is 0.507 e. The lowest BCUT2D eigenvalue weighted by molar-refractivity contribution is -0.132. The lowest BCUT2D eigenvalue weighted by Crippen LogP contribution is -2.29. The molecule has 0 saturated carbocycles. The quantitative estimate of drug-likeness (QED) is 0.356. The monoisotopic (exact) mass is 435 g/mol. The van der Waals surface area contributed by atoms with E-state index < -0.39 is 23.5 Å². The molecule has 164 valence electrons. The van der Waals surface area contributed by atoms with Crippen molar-refractivity contribution in [1.82, 2.24) is 0 Å². The Morgan fingerprint density at radius 2 is 1.69 bits per heavy atom. The highest BCUT2D eigenvalue weighted by atomic mass is 16.5. The van der Waals surface area contributed by atoms with Gasteiger partial charge < -0.3 is 23.7 Å². The Balaban J connectivity index is 1.95. The Labute approximate surface area is 184 Å². The Morgan fingerprint density at radius 1 is 0.938 bits per heavy atom. The van der Waals surface area contributed by atoms with Gasteiger partial charge in [0.15, 0.2) is 0 Å². The van der Waals surface area contributed by atoms with Gasteiger partial charge >= 0.3 is 0 Å². The van der Waals surface area contributed by atoms with Crippen molar-refractivity contribution in [2.24, 2.45) is 0 Å². The van der Waals surface area contributed by atoms with Gasteiger partial charge in [0.1, 0.15) is 34.8 Å². The number of aliphatic hydroxyl groups is 1. The van der Waals surface area contributed by atoms with Crippen molar-refractivity contribution in [3.63, 3.8) is 0 Å². The number of amides is 1. The van der Waals surface area contributed by atoms with Crippen LogP contribution in [-0.2, 0) is 9.59 Å². The average Bonchev–Trinajstić information content (AvgIpc) is 3.45. The highest BCUT2D eigenvalue weighted by Gasteiger charge is 2.48. The van der Waals surface area contributed by atoms with Gasteiger partial charge in [0.25, 0.3) is 11.7 Å². The fourth-order valence-corrected chi connectivity index (χ4v) is 3.72.